The van der Waals surface area contributed by atoms with Crippen molar-refractivity contribution in [3.05, 3.63) is 74.8 Å². The number of rotatable bonds is 6. The molecule has 4 aromatic rings. The summed E-state index contributed by atoms with van der Waals surface area (Å²) >= 11 is 0. The number of para-hydroxylation sites is 2. The molecule has 4 N–H and O–H groups in total. The van der Waals surface area contributed by atoms with Crippen molar-refractivity contribution in [2.24, 2.45) is 0 Å². The number of H-pyrrole nitrogens is 1. The first-order valence-electron chi connectivity index (χ1n) is 10.4. The van der Waals surface area contributed by atoms with Crippen LogP contribution in [-0.2, 0) is 6.54 Å². The predicted octanol–water partition coefficient (Wildman–Crippen LogP) is 3.70. The smallest absolute Gasteiger partial charge is 0.276 e. The predicted molar refractivity (Wildman–Crippen MR) is 124 cm³/mol. The van der Waals surface area contributed by atoms with E-state index in [-0.39, 0.29) is 0 Å². The van der Waals surface area contributed by atoms with Gasteiger partial charge in [0.2, 0.25) is 0 Å². The molecule has 4 rings (SSSR count). The Kier molecular flexibility index (Phi) is 5.68. The van der Waals surface area contributed by atoms with E-state index in [0.717, 1.165) is 19.3 Å². The standard InChI is InChI=1S/C24H23N3O5/c1-2-3-8-13-27-17-12-7-5-10-15(17)20(28)18(24(27)32)22(30)26-19-21(29)14-9-4-6-11-16(14)25-23(19)31/h4-7,9-12,28H,2-3,8,13H2,1H3,(H,26,30)(H2,25,29,31). The highest BCUT2D eigenvalue weighted by Gasteiger charge is 2.24. The lowest BCUT2D eigenvalue weighted by molar-refractivity contribution is 0.102. The molecule has 164 valence electrons. The van der Waals surface area contributed by atoms with Gasteiger partial charge in [0, 0.05) is 17.3 Å². The SMILES string of the molecule is CCCCCn1c(=O)c(C(=O)Nc2c(O)c3ccccc3[nH]c2=O)c(O)c2ccccc21. The molecule has 32 heavy (non-hydrogen) atoms. The van der Waals surface area contributed by atoms with Crippen molar-refractivity contribution in [1.29, 1.82) is 0 Å². The van der Waals surface area contributed by atoms with E-state index in [9.17, 15) is 24.6 Å². The lowest BCUT2D eigenvalue weighted by Crippen LogP contribution is -2.31. The highest BCUT2D eigenvalue weighted by Crippen LogP contribution is 2.30. The van der Waals surface area contributed by atoms with E-state index in [2.05, 4.69) is 10.3 Å². The second kappa shape index (κ2) is 8.58. The molecule has 2 heterocycles. The molecule has 2 aromatic carbocycles. The topological polar surface area (TPSA) is 124 Å². The summed E-state index contributed by atoms with van der Waals surface area (Å²) in [7, 11) is 0. The van der Waals surface area contributed by atoms with Gasteiger partial charge in [0.25, 0.3) is 17.0 Å². The first-order chi connectivity index (χ1) is 15.4. The number of benzene rings is 2. The summed E-state index contributed by atoms with van der Waals surface area (Å²) in [6.07, 6.45) is 2.60. The molecule has 0 fully saturated rings. The molecule has 0 aliphatic rings. The highest BCUT2D eigenvalue weighted by molar-refractivity contribution is 6.10. The van der Waals surface area contributed by atoms with Gasteiger partial charge in [0.15, 0.2) is 11.4 Å². The van der Waals surface area contributed by atoms with Gasteiger partial charge in [0.05, 0.1) is 11.0 Å². The fraction of sp³-hybridized carbons (Fsp3) is 0.208. The number of aryl methyl sites for hydroxylation is 1. The van der Waals surface area contributed by atoms with Crippen LogP contribution in [0.15, 0.2) is 58.1 Å². The number of nitrogens with zero attached hydrogens (tertiary/aromatic N) is 1. The van der Waals surface area contributed by atoms with E-state index < -0.39 is 39.8 Å². The number of aromatic amines is 1. The van der Waals surface area contributed by atoms with Gasteiger partial charge in [-0.1, -0.05) is 44.0 Å². The van der Waals surface area contributed by atoms with Gasteiger partial charge in [0.1, 0.15) is 11.3 Å². The van der Waals surface area contributed by atoms with Crippen LogP contribution in [0.3, 0.4) is 0 Å². The number of hydrogen-bond acceptors (Lipinski definition) is 5. The summed E-state index contributed by atoms with van der Waals surface area (Å²) < 4.78 is 1.46. The lowest BCUT2D eigenvalue weighted by Gasteiger charge is -2.15. The van der Waals surface area contributed by atoms with E-state index in [1.165, 1.54) is 4.57 Å². The van der Waals surface area contributed by atoms with E-state index in [0.29, 0.717) is 28.4 Å². The summed E-state index contributed by atoms with van der Waals surface area (Å²) in [5, 5.41) is 24.3. The molecule has 1 amide bonds. The van der Waals surface area contributed by atoms with Gasteiger partial charge in [-0.05, 0) is 30.7 Å². The zero-order valence-electron chi connectivity index (χ0n) is 17.5. The number of anilines is 1. The second-order valence-corrected chi connectivity index (χ2v) is 7.58. The van der Waals surface area contributed by atoms with Crippen LogP contribution < -0.4 is 16.4 Å². The van der Waals surface area contributed by atoms with Crippen LogP contribution in [0.2, 0.25) is 0 Å². The zero-order valence-corrected chi connectivity index (χ0v) is 17.5. The number of amides is 1. The van der Waals surface area contributed by atoms with E-state index in [4.69, 9.17) is 0 Å². The number of pyridine rings is 2. The second-order valence-electron chi connectivity index (χ2n) is 7.58. The molecule has 0 atom stereocenters. The van der Waals surface area contributed by atoms with Gasteiger partial charge >= 0.3 is 0 Å². The van der Waals surface area contributed by atoms with Crippen molar-refractivity contribution in [2.45, 2.75) is 32.7 Å². The van der Waals surface area contributed by atoms with Crippen molar-refractivity contribution in [3.63, 3.8) is 0 Å². The summed E-state index contributed by atoms with van der Waals surface area (Å²) in [5.74, 6) is -1.86. The van der Waals surface area contributed by atoms with Gasteiger partial charge in [-0.25, -0.2) is 0 Å². The van der Waals surface area contributed by atoms with Gasteiger partial charge < -0.3 is 25.1 Å². The number of aromatic hydroxyl groups is 2. The molecule has 0 aliphatic heterocycles. The largest absolute Gasteiger partial charge is 0.506 e. The first kappa shape index (κ1) is 21.2. The fourth-order valence-corrected chi connectivity index (χ4v) is 3.85. The molecule has 0 saturated heterocycles. The normalized spacial score (nSPS) is 11.2. The molecule has 0 spiro atoms. The van der Waals surface area contributed by atoms with Crippen LogP contribution >= 0.6 is 0 Å². The number of hydrogen-bond donors (Lipinski definition) is 4. The number of nitrogens with one attached hydrogen (secondary N) is 2. The Morgan fingerprint density at radius 1 is 0.969 bits per heavy atom. The fourth-order valence-electron chi connectivity index (χ4n) is 3.85. The Morgan fingerprint density at radius 2 is 1.66 bits per heavy atom. The molecule has 0 unspecified atom stereocenters. The summed E-state index contributed by atoms with van der Waals surface area (Å²) in [6.45, 7) is 2.43. The Balaban J connectivity index is 1.83. The maximum absolute atomic E-state index is 13.2. The third kappa shape index (κ3) is 3.60. The maximum atomic E-state index is 13.2. The van der Waals surface area contributed by atoms with Crippen LogP contribution in [0.4, 0.5) is 5.69 Å². The highest BCUT2D eigenvalue weighted by atomic mass is 16.3. The Bertz CT molecular complexity index is 1450. The molecular weight excluding hydrogens is 410 g/mol. The average Bonchev–Trinajstić information content (AvgIpc) is 2.79. The van der Waals surface area contributed by atoms with E-state index in [1.807, 2.05) is 6.92 Å². The van der Waals surface area contributed by atoms with Crippen LogP contribution in [0.5, 0.6) is 11.5 Å². The molecule has 0 saturated carbocycles. The number of carbonyl (C=O) groups is 1. The average molecular weight is 433 g/mol. The van der Waals surface area contributed by atoms with Crippen LogP contribution in [0, 0.1) is 0 Å². The summed E-state index contributed by atoms with van der Waals surface area (Å²) in [6, 6.07) is 13.4. The Morgan fingerprint density at radius 3 is 2.41 bits per heavy atom. The lowest BCUT2D eigenvalue weighted by atomic mass is 10.1. The number of unbranched alkanes of at least 4 members (excludes halogenated alkanes) is 2. The maximum Gasteiger partial charge on any atom is 0.276 e. The van der Waals surface area contributed by atoms with Gasteiger partial charge in [-0.2, -0.15) is 0 Å². The zero-order chi connectivity index (χ0) is 22.8. The number of carbonyl (C=O) groups excluding carboxylic acids is 1. The Labute approximate surface area is 182 Å². The summed E-state index contributed by atoms with van der Waals surface area (Å²) in [5.41, 5.74) is -1.33. The van der Waals surface area contributed by atoms with Crippen molar-refractivity contribution in [1.82, 2.24) is 9.55 Å². The number of aromatic nitrogens is 2. The molecule has 0 radical (unpaired) electrons. The number of fused-ring (bicyclic) bond motifs is 2. The molecule has 0 bridgehead atoms. The monoisotopic (exact) mass is 433 g/mol. The summed E-state index contributed by atoms with van der Waals surface area (Å²) in [4.78, 5) is 41.3. The minimum Gasteiger partial charge on any atom is -0.506 e. The van der Waals surface area contributed by atoms with Crippen molar-refractivity contribution in [2.75, 3.05) is 5.32 Å². The molecular formula is C24H23N3O5. The van der Waals surface area contributed by atoms with Crippen molar-refractivity contribution >= 4 is 33.4 Å². The van der Waals surface area contributed by atoms with Gasteiger partial charge in [-0.3, -0.25) is 14.4 Å². The minimum atomic E-state index is -0.974. The quantitative estimate of drug-likeness (QED) is 0.345. The molecule has 8 heteroatoms. The Hall–Kier alpha value is -4.07. The molecule has 0 aliphatic carbocycles. The van der Waals surface area contributed by atoms with Crippen molar-refractivity contribution in [3.8, 4) is 11.5 Å². The van der Waals surface area contributed by atoms with Crippen LogP contribution in [0.25, 0.3) is 21.8 Å². The third-order valence-electron chi connectivity index (χ3n) is 5.49. The van der Waals surface area contributed by atoms with E-state index >= 15 is 0 Å². The molecule has 2 aromatic heterocycles. The minimum absolute atomic E-state index is 0.335. The van der Waals surface area contributed by atoms with Crippen LogP contribution in [-0.4, -0.2) is 25.7 Å². The first-order valence-corrected chi connectivity index (χ1v) is 10.4. The van der Waals surface area contributed by atoms with E-state index in [1.54, 1.807) is 48.5 Å². The molecule has 8 nitrogen and oxygen atoms in total. The third-order valence-corrected chi connectivity index (χ3v) is 5.49. The van der Waals surface area contributed by atoms with Crippen molar-refractivity contribution < 1.29 is 15.0 Å². The van der Waals surface area contributed by atoms with Crippen LogP contribution in [0.1, 0.15) is 36.5 Å². The van der Waals surface area contributed by atoms with Gasteiger partial charge in [-0.15, -0.1) is 0 Å².